The summed E-state index contributed by atoms with van der Waals surface area (Å²) in [4.78, 5) is 1.24. The van der Waals surface area contributed by atoms with E-state index in [1.807, 2.05) is 6.92 Å². The van der Waals surface area contributed by atoms with Gasteiger partial charge in [-0.15, -0.1) is 0 Å². The van der Waals surface area contributed by atoms with Crippen LogP contribution in [0.15, 0.2) is 24.3 Å². The van der Waals surface area contributed by atoms with E-state index in [1.165, 1.54) is 5.56 Å². The van der Waals surface area contributed by atoms with Crippen molar-refractivity contribution in [3.05, 3.63) is 35.4 Å². The number of rotatable bonds is 2. The lowest BCUT2D eigenvalue weighted by atomic mass is 10.1. The molecule has 1 unspecified atom stereocenters. The molecule has 0 aromatic heterocycles. The van der Waals surface area contributed by atoms with Crippen molar-refractivity contribution in [2.45, 2.75) is 18.7 Å². The summed E-state index contributed by atoms with van der Waals surface area (Å²) >= 11 is 8.69. The van der Waals surface area contributed by atoms with Crippen LogP contribution in [0.5, 0.6) is 0 Å². The lowest BCUT2D eigenvalue weighted by molar-refractivity contribution is 1.36. The number of thiocarbonyl (C=S) groups is 1. The molecular formula is C10H11BrS. The molecule has 0 saturated carbocycles. The van der Waals surface area contributed by atoms with Gasteiger partial charge in [-0.1, -0.05) is 58.0 Å². The molecule has 0 aliphatic rings. The first-order valence-electron chi connectivity index (χ1n) is 3.86. The van der Waals surface area contributed by atoms with Gasteiger partial charge in [0.1, 0.15) is 0 Å². The van der Waals surface area contributed by atoms with E-state index in [4.69, 9.17) is 12.2 Å². The molecule has 0 spiro atoms. The molecule has 0 aliphatic heterocycles. The van der Waals surface area contributed by atoms with Gasteiger partial charge in [0.25, 0.3) is 0 Å². The smallest absolute Gasteiger partial charge is 0.0475 e. The van der Waals surface area contributed by atoms with E-state index in [-0.39, 0.29) is 4.83 Å². The van der Waals surface area contributed by atoms with Crippen LogP contribution in [0.3, 0.4) is 0 Å². The third kappa shape index (κ3) is 2.39. The number of hydrogen-bond acceptors (Lipinski definition) is 1. The average Bonchev–Trinajstić information content (AvgIpc) is 2.04. The minimum absolute atomic E-state index is 0.273. The van der Waals surface area contributed by atoms with E-state index in [2.05, 4.69) is 47.1 Å². The molecule has 0 bridgehead atoms. The highest BCUT2D eigenvalue weighted by molar-refractivity contribution is 9.10. The van der Waals surface area contributed by atoms with E-state index >= 15 is 0 Å². The zero-order chi connectivity index (χ0) is 9.14. The van der Waals surface area contributed by atoms with Gasteiger partial charge in [-0.05, 0) is 19.4 Å². The van der Waals surface area contributed by atoms with Crippen molar-refractivity contribution in [3.8, 4) is 0 Å². The molecule has 0 aliphatic carbocycles. The largest absolute Gasteiger partial charge is 0.0832 e. The van der Waals surface area contributed by atoms with Gasteiger partial charge in [0, 0.05) is 9.69 Å². The Morgan fingerprint density at radius 3 is 2.25 bits per heavy atom. The van der Waals surface area contributed by atoms with Crippen LogP contribution in [-0.4, -0.2) is 9.69 Å². The number of halogens is 1. The topological polar surface area (TPSA) is 0 Å². The standard InChI is InChI=1S/C10H11BrS/c1-7-3-5-9(6-4-7)10(12)8(2)11/h3-6,8H,1-2H3. The second-order valence-electron chi connectivity index (χ2n) is 2.85. The predicted molar refractivity (Wildman–Crippen MR) is 61.3 cm³/mol. The predicted octanol–water partition coefficient (Wildman–Crippen LogP) is 3.50. The molecule has 0 amide bonds. The maximum atomic E-state index is 5.24. The van der Waals surface area contributed by atoms with Crippen LogP contribution in [0.1, 0.15) is 18.1 Å². The van der Waals surface area contributed by atoms with Gasteiger partial charge in [-0.2, -0.15) is 0 Å². The highest BCUT2D eigenvalue weighted by atomic mass is 79.9. The molecule has 1 aromatic carbocycles. The van der Waals surface area contributed by atoms with Gasteiger partial charge in [-0.25, -0.2) is 0 Å². The molecule has 0 saturated heterocycles. The maximum Gasteiger partial charge on any atom is 0.0475 e. The summed E-state index contributed by atoms with van der Waals surface area (Å²) in [5, 5.41) is 0. The summed E-state index contributed by atoms with van der Waals surface area (Å²) in [6.07, 6.45) is 0. The molecule has 1 aromatic rings. The van der Waals surface area contributed by atoms with Crippen molar-refractivity contribution in [3.63, 3.8) is 0 Å². The summed E-state index contributed by atoms with van der Waals surface area (Å²) in [7, 11) is 0. The first kappa shape index (κ1) is 9.87. The van der Waals surface area contributed by atoms with Crippen LogP contribution in [0.4, 0.5) is 0 Å². The Bertz CT molecular complexity index is 274. The second kappa shape index (κ2) is 4.15. The first-order valence-corrected chi connectivity index (χ1v) is 5.18. The summed E-state index contributed by atoms with van der Waals surface area (Å²) in [5.74, 6) is 0. The third-order valence-electron chi connectivity index (χ3n) is 1.70. The quantitative estimate of drug-likeness (QED) is 0.435. The third-order valence-corrected chi connectivity index (χ3v) is 3.05. The molecule has 0 heterocycles. The Labute approximate surface area is 87.1 Å². The normalized spacial score (nSPS) is 12.6. The Balaban J connectivity index is 2.90. The fourth-order valence-electron chi connectivity index (χ4n) is 0.947. The lowest BCUT2D eigenvalue weighted by Gasteiger charge is -2.05. The number of alkyl halides is 1. The minimum Gasteiger partial charge on any atom is -0.0832 e. The Morgan fingerprint density at radius 2 is 1.83 bits per heavy atom. The number of hydrogen-bond donors (Lipinski definition) is 0. The van der Waals surface area contributed by atoms with Gasteiger partial charge in [0.2, 0.25) is 0 Å². The summed E-state index contributed by atoms with van der Waals surface area (Å²) in [6, 6.07) is 8.29. The first-order chi connectivity index (χ1) is 5.61. The highest BCUT2D eigenvalue weighted by Crippen LogP contribution is 2.11. The molecule has 64 valence electrons. The molecule has 2 heteroatoms. The zero-order valence-corrected chi connectivity index (χ0v) is 9.58. The lowest BCUT2D eigenvalue weighted by Crippen LogP contribution is -2.07. The Kier molecular flexibility index (Phi) is 3.41. The molecule has 0 fully saturated rings. The zero-order valence-electron chi connectivity index (χ0n) is 7.17. The van der Waals surface area contributed by atoms with Gasteiger partial charge in [0.15, 0.2) is 0 Å². The summed E-state index contributed by atoms with van der Waals surface area (Å²) < 4.78 is 0. The fourth-order valence-corrected chi connectivity index (χ4v) is 1.35. The molecular weight excluding hydrogens is 232 g/mol. The Morgan fingerprint density at radius 1 is 1.33 bits per heavy atom. The monoisotopic (exact) mass is 242 g/mol. The molecule has 0 nitrogen and oxygen atoms in total. The Hall–Kier alpha value is -0.210. The van der Waals surface area contributed by atoms with E-state index in [0.717, 1.165) is 10.4 Å². The van der Waals surface area contributed by atoms with E-state index in [1.54, 1.807) is 0 Å². The van der Waals surface area contributed by atoms with Crippen molar-refractivity contribution in [1.82, 2.24) is 0 Å². The van der Waals surface area contributed by atoms with Crippen LogP contribution < -0.4 is 0 Å². The molecule has 0 radical (unpaired) electrons. The second-order valence-corrected chi connectivity index (χ2v) is 4.66. The van der Waals surface area contributed by atoms with Crippen molar-refractivity contribution >= 4 is 33.0 Å². The van der Waals surface area contributed by atoms with E-state index in [0.29, 0.717) is 0 Å². The molecule has 1 rings (SSSR count). The van der Waals surface area contributed by atoms with Gasteiger partial charge in [0.05, 0.1) is 0 Å². The highest BCUT2D eigenvalue weighted by Gasteiger charge is 2.05. The summed E-state index contributed by atoms with van der Waals surface area (Å²) in [5.41, 5.74) is 2.41. The van der Waals surface area contributed by atoms with Crippen LogP contribution in [0, 0.1) is 6.92 Å². The van der Waals surface area contributed by atoms with Crippen LogP contribution >= 0.6 is 28.1 Å². The molecule has 0 N–H and O–H groups in total. The minimum atomic E-state index is 0.273. The maximum absolute atomic E-state index is 5.24. The van der Waals surface area contributed by atoms with Crippen molar-refractivity contribution in [1.29, 1.82) is 0 Å². The van der Waals surface area contributed by atoms with E-state index in [9.17, 15) is 0 Å². The van der Waals surface area contributed by atoms with Gasteiger partial charge < -0.3 is 0 Å². The fraction of sp³-hybridized carbons (Fsp3) is 0.300. The van der Waals surface area contributed by atoms with Gasteiger partial charge in [-0.3, -0.25) is 0 Å². The van der Waals surface area contributed by atoms with Crippen LogP contribution in [0.2, 0.25) is 0 Å². The van der Waals surface area contributed by atoms with Crippen LogP contribution in [0.25, 0.3) is 0 Å². The van der Waals surface area contributed by atoms with Crippen molar-refractivity contribution < 1.29 is 0 Å². The summed E-state index contributed by atoms with van der Waals surface area (Å²) in [6.45, 7) is 4.12. The number of benzene rings is 1. The van der Waals surface area contributed by atoms with Crippen molar-refractivity contribution in [2.75, 3.05) is 0 Å². The van der Waals surface area contributed by atoms with E-state index < -0.39 is 0 Å². The SMILES string of the molecule is Cc1ccc(C(=S)C(C)Br)cc1. The van der Waals surface area contributed by atoms with Gasteiger partial charge >= 0.3 is 0 Å². The average molecular weight is 243 g/mol. The van der Waals surface area contributed by atoms with Crippen molar-refractivity contribution in [2.24, 2.45) is 0 Å². The molecule has 12 heavy (non-hydrogen) atoms. The number of aryl methyl sites for hydroxylation is 1. The van der Waals surface area contributed by atoms with Crippen LogP contribution in [-0.2, 0) is 0 Å². The molecule has 1 atom stereocenters.